The number of carbonyl (C=O) groups excluding carboxylic acids is 1. The zero-order chi connectivity index (χ0) is 17.1. The van der Waals surface area contributed by atoms with E-state index in [4.69, 9.17) is 14.6 Å². The van der Waals surface area contributed by atoms with Crippen molar-refractivity contribution in [2.24, 2.45) is 0 Å². The molecular formula is C14H16O9. The number of carbonyl (C=O) groups is 2. The number of ether oxygens (including phenoxy) is 3. The zero-order valence-corrected chi connectivity index (χ0v) is 12.0. The molecule has 9 heteroatoms. The van der Waals surface area contributed by atoms with Gasteiger partial charge in [-0.1, -0.05) is 12.1 Å². The fraction of sp³-hybridized carbons (Fsp3) is 0.429. The Hall–Kier alpha value is -2.20. The number of carboxylic acids is 1. The molecule has 1 heterocycles. The highest BCUT2D eigenvalue weighted by Gasteiger charge is 2.48. The maximum Gasteiger partial charge on any atom is 0.341 e. The summed E-state index contributed by atoms with van der Waals surface area (Å²) >= 11 is 0. The largest absolute Gasteiger partial charge is 0.479 e. The summed E-state index contributed by atoms with van der Waals surface area (Å²) in [5.41, 5.74) is 0.0262. The fourth-order valence-corrected chi connectivity index (χ4v) is 2.12. The topological polar surface area (TPSA) is 143 Å². The van der Waals surface area contributed by atoms with E-state index in [1.165, 1.54) is 25.3 Å². The minimum absolute atomic E-state index is 0.0262. The van der Waals surface area contributed by atoms with Crippen molar-refractivity contribution in [3.8, 4) is 5.75 Å². The first-order valence-corrected chi connectivity index (χ1v) is 6.63. The monoisotopic (exact) mass is 328 g/mol. The third-order valence-corrected chi connectivity index (χ3v) is 3.35. The highest BCUT2D eigenvalue weighted by Crippen LogP contribution is 2.27. The lowest BCUT2D eigenvalue weighted by Gasteiger charge is -2.38. The molecule has 4 N–H and O–H groups in total. The number of methoxy groups -OCH3 is 1. The second-order valence-electron chi connectivity index (χ2n) is 4.84. The number of rotatable bonds is 4. The van der Waals surface area contributed by atoms with Crippen LogP contribution in [0.4, 0.5) is 0 Å². The summed E-state index contributed by atoms with van der Waals surface area (Å²) in [6.45, 7) is 0. The maximum absolute atomic E-state index is 11.7. The SMILES string of the molecule is COC(=O)c1ccccc1OC1O[C@H](C(=O)O)[C@@H](O)[C@H](O)[C@H]1O. The quantitative estimate of drug-likeness (QED) is 0.498. The zero-order valence-electron chi connectivity index (χ0n) is 12.0. The second-order valence-corrected chi connectivity index (χ2v) is 4.84. The van der Waals surface area contributed by atoms with Gasteiger partial charge in [-0.05, 0) is 12.1 Å². The van der Waals surface area contributed by atoms with Crippen LogP contribution in [0.5, 0.6) is 5.75 Å². The summed E-state index contributed by atoms with van der Waals surface area (Å²) < 4.78 is 14.9. The predicted molar refractivity (Wildman–Crippen MR) is 72.7 cm³/mol. The van der Waals surface area contributed by atoms with Crippen molar-refractivity contribution in [1.82, 2.24) is 0 Å². The van der Waals surface area contributed by atoms with Crippen molar-refractivity contribution in [3.05, 3.63) is 29.8 Å². The fourth-order valence-electron chi connectivity index (χ4n) is 2.12. The van der Waals surface area contributed by atoms with Crippen molar-refractivity contribution in [2.45, 2.75) is 30.7 Å². The van der Waals surface area contributed by atoms with Crippen LogP contribution in [0.3, 0.4) is 0 Å². The molecule has 1 fully saturated rings. The Bertz CT molecular complexity index is 587. The van der Waals surface area contributed by atoms with Gasteiger partial charge in [-0.15, -0.1) is 0 Å². The number of aliphatic hydroxyl groups is 3. The van der Waals surface area contributed by atoms with Gasteiger partial charge in [-0.3, -0.25) is 0 Å². The number of aliphatic carboxylic acids is 1. The van der Waals surface area contributed by atoms with E-state index in [9.17, 15) is 24.9 Å². The summed E-state index contributed by atoms with van der Waals surface area (Å²) in [4.78, 5) is 22.7. The first-order chi connectivity index (χ1) is 10.9. The molecular weight excluding hydrogens is 312 g/mol. The van der Waals surface area contributed by atoms with E-state index in [0.717, 1.165) is 0 Å². The van der Waals surface area contributed by atoms with Crippen LogP contribution in [-0.4, -0.2) is 70.2 Å². The van der Waals surface area contributed by atoms with Crippen LogP contribution in [-0.2, 0) is 14.3 Å². The third kappa shape index (κ3) is 3.42. The molecule has 2 rings (SSSR count). The third-order valence-electron chi connectivity index (χ3n) is 3.35. The van der Waals surface area contributed by atoms with Gasteiger partial charge in [0.1, 0.15) is 29.6 Å². The number of benzene rings is 1. The van der Waals surface area contributed by atoms with Gasteiger partial charge in [0.25, 0.3) is 0 Å². The Kier molecular flexibility index (Phi) is 5.16. The van der Waals surface area contributed by atoms with Crippen LogP contribution in [0, 0.1) is 0 Å². The average molecular weight is 328 g/mol. The normalized spacial score (nSPS) is 30.5. The molecule has 0 amide bonds. The molecule has 0 bridgehead atoms. The molecule has 1 aromatic carbocycles. The molecule has 0 aliphatic carbocycles. The number of esters is 1. The Morgan fingerprint density at radius 1 is 1.09 bits per heavy atom. The summed E-state index contributed by atoms with van der Waals surface area (Å²) in [6, 6.07) is 5.87. The smallest absolute Gasteiger partial charge is 0.341 e. The van der Waals surface area contributed by atoms with E-state index in [1.54, 1.807) is 6.07 Å². The van der Waals surface area contributed by atoms with Crippen molar-refractivity contribution >= 4 is 11.9 Å². The molecule has 9 nitrogen and oxygen atoms in total. The molecule has 0 spiro atoms. The molecule has 23 heavy (non-hydrogen) atoms. The van der Waals surface area contributed by atoms with E-state index in [-0.39, 0.29) is 11.3 Å². The molecule has 0 radical (unpaired) electrons. The Morgan fingerprint density at radius 2 is 1.74 bits per heavy atom. The van der Waals surface area contributed by atoms with Gasteiger partial charge in [0.15, 0.2) is 6.10 Å². The molecule has 0 aromatic heterocycles. The van der Waals surface area contributed by atoms with Crippen LogP contribution >= 0.6 is 0 Å². The van der Waals surface area contributed by atoms with Gasteiger partial charge in [-0.25, -0.2) is 9.59 Å². The average Bonchev–Trinajstić information content (AvgIpc) is 2.54. The Balaban J connectivity index is 2.25. The number of para-hydroxylation sites is 1. The lowest BCUT2D eigenvalue weighted by atomic mass is 9.99. The van der Waals surface area contributed by atoms with Gasteiger partial charge in [0.2, 0.25) is 6.29 Å². The van der Waals surface area contributed by atoms with E-state index in [2.05, 4.69) is 4.74 Å². The highest BCUT2D eigenvalue weighted by molar-refractivity contribution is 5.92. The van der Waals surface area contributed by atoms with Gasteiger partial charge in [0, 0.05) is 0 Å². The van der Waals surface area contributed by atoms with Crippen LogP contribution in [0.15, 0.2) is 24.3 Å². The lowest BCUT2D eigenvalue weighted by molar-refractivity contribution is -0.271. The standard InChI is InChI=1S/C14H16O9/c1-21-13(20)6-4-2-3-5-7(6)22-14-10(17)8(15)9(16)11(23-14)12(18)19/h2-5,8-11,14-17H,1H3,(H,18,19)/t8-,9-,10+,11-,14?/m0/s1. The molecule has 1 aromatic rings. The number of hydrogen-bond acceptors (Lipinski definition) is 8. The first kappa shape index (κ1) is 17.2. The Labute approximate surface area is 130 Å². The molecule has 1 saturated heterocycles. The first-order valence-electron chi connectivity index (χ1n) is 6.63. The van der Waals surface area contributed by atoms with E-state index in [1.807, 2.05) is 0 Å². The molecule has 5 atom stereocenters. The van der Waals surface area contributed by atoms with Gasteiger partial charge < -0.3 is 34.6 Å². The molecule has 1 aliphatic heterocycles. The number of carboxylic acid groups (broad SMARTS) is 1. The van der Waals surface area contributed by atoms with E-state index < -0.39 is 42.6 Å². The maximum atomic E-state index is 11.7. The van der Waals surface area contributed by atoms with Crippen LogP contribution in [0.25, 0.3) is 0 Å². The minimum Gasteiger partial charge on any atom is -0.479 e. The van der Waals surface area contributed by atoms with Gasteiger partial charge >= 0.3 is 11.9 Å². The van der Waals surface area contributed by atoms with Crippen LogP contribution in [0.2, 0.25) is 0 Å². The van der Waals surface area contributed by atoms with Crippen molar-refractivity contribution in [2.75, 3.05) is 7.11 Å². The summed E-state index contributed by atoms with van der Waals surface area (Å²) in [7, 11) is 1.17. The van der Waals surface area contributed by atoms with Gasteiger partial charge in [-0.2, -0.15) is 0 Å². The van der Waals surface area contributed by atoms with Crippen LogP contribution < -0.4 is 4.74 Å². The van der Waals surface area contributed by atoms with Gasteiger partial charge in [0.05, 0.1) is 7.11 Å². The number of aliphatic hydroxyl groups excluding tert-OH is 3. The number of hydrogen-bond donors (Lipinski definition) is 4. The van der Waals surface area contributed by atoms with Crippen molar-refractivity contribution in [1.29, 1.82) is 0 Å². The lowest BCUT2D eigenvalue weighted by Crippen LogP contribution is -2.61. The summed E-state index contributed by atoms with van der Waals surface area (Å²) in [5, 5.41) is 38.2. The van der Waals surface area contributed by atoms with Crippen molar-refractivity contribution in [3.63, 3.8) is 0 Å². The molecule has 126 valence electrons. The van der Waals surface area contributed by atoms with Crippen LogP contribution in [0.1, 0.15) is 10.4 Å². The molecule has 1 aliphatic rings. The molecule has 0 saturated carbocycles. The molecule has 1 unspecified atom stereocenters. The summed E-state index contributed by atoms with van der Waals surface area (Å²) in [5.74, 6) is -2.27. The van der Waals surface area contributed by atoms with E-state index >= 15 is 0 Å². The predicted octanol–water partition coefficient (Wildman–Crippen LogP) is -1.26. The van der Waals surface area contributed by atoms with E-state index in [0.29, 0.717) is 0 Å². The van der Waals surface area contributed by atoms with Crippen molar-refractivity contribution < 1.29 is 44.2 Å². The summed E-state index contributed by atoms with van der Waals surface area (Å²) in [6.07, 6.45) is -8.71. The second kappa shape index (κ2) is 6.92. The highest BCUT2D eigenvalue weighted by atomic mass is 16.7. The Morgan fingerprint density at radius 3 is 2.35 bits per heavy atom. The minimum atomic E-state index is -1.82.